The molecule has 0 atom stereocenters. The lowest BCUT2D eigenvalue weighted by molar-refractivity contribution is -0.118. The predicted octanol–water partition coefficient (Wildman–Crippen LogP) is 2.72. The van der Waals surface area contributed by atoms with Crippen molar-refractivity contribution < 1.29 is 4.79 Å². The van der Waals surface area contributed by atoms with Crippen molar-refractivity contribution in [1.82, 2.24) is 0 Å². The number of piperidine rings is 1. The first kappa shape index (κ1) is 9.00. The standard InChI is InChI=1S/C12H13NO/c1-10-6-5-9-12(14)13(10)11-7-3-2-4-8-11/h2-4,7-8H,1,5-6,9H2. The minimum absolute atomic E-state index is 0.160. The molecule has 1 saturated heterocycles. The van der Waals surface area contributed by atoms with E-state index < -0.39 is 0 Å². The highest BCUT2D eigenvalue weighted by atomic mass is 16.2. The van der Waals surface area contributed by atoms with E-state index in [9.17, 15) is 4.79 Å². The van der Waals surface area contributed by atoms with Gasteiger partial charge in [-0.2, -0.15) is 0 Å². The topological polar surface area (TPSA) is 20.3 Å². The van der Waals surface area contributed by atoms with E-state index in [4.69, 9.17) is 0 Å². The van der Waals surface area contributed by atoms with Gasteiger partial charge in [-0.25, -0.2) is 0 Å². The number of amides is 1. The lowest BCUT2D eigenvalue weighted by Gasteiger charge is -2.28. The molecule has 1 aromatic rings. The van der Waals surface area contributed by atoms with Gasteiger partial charge in [-0.15, -0.1) is 0 Å². The van der Waals surface area contributed by atoms with E-state index in [1.807, 2.05) is 30.3 Å². The quantitative estimate of drug-likeness (QED) is 0.662. The summed E-state index contributed by atoms with van der Waals surface area (Å²) in [6.45, 7) is 3.93. The zero-order chi connectivity index (χ0) is 9.97. The molecule has 1 aliphatic rings. The highest BCUT2D eigenvalue weighted by Crippen LogP contribution is 2.26. The molecule has 1 fully saturated rings. The van der Waals surface area contributed by atoms with Gasteiger partial charge in [0.15, 0.2) is 0 Å². The fourth-order valence-corrected chi connectivity index (χ4v) is 1.75. The highest BCUT2D eigenvalue weighted by Gasteiger charge is 2.22. The number of hydrogen-bond acceptors (Lipinski definition) is 1. The van der Waals surface area contributed by atoms with Crippen molar-refractivity contribution in [2.75, 3.05) is 4.90 Å². The second-order valence-electron chi connectivity index (χ2n) is 3.48. The van der Waals surface area contributed by atoms with Gasteiger partial charge in [0.05, 0.1) is 0 Å². The molecule has 0 bridgehead atoms. The fourth-order valence-electron chi connectivity index (χ4n) is 1.75. The van der Waals surface area contributed by atoms with E-state index in [1.54, 1.807) is 4.90 Å². The van der Waals surface area contributed by atoms with Crippen LogP contribution in [-0.2, 0) is 4.79 Å². The van der Waals surface area contributed by atoms with Crippen LogP contribution in [0.1, 0.15) is 19.3 Å². The zero-order valence-corrected chi connectivity index (χ0v) is 8.07. The highest BCUT2D eigenvalue weighted by molar-refractivity contribution is 5.97. The maximum atomic E-state index is 11.7. The Morgan fingerprint density at radius 1 is 1.14 bits per heavy atom. The Hall–Kier alpha value is -1.57. The van der Waals surface area contributed by atoms with Crippen LogP contribution in [0.5, 0.6) is 0 Å². The lowest BCUT2D eigenvalue weighted by Crippen LogP contribution is -2.32. The maximum absolute atomic E-state index is 11.7. The van der Waals surface area contributed by atoms with E-state index in [0.29, 0.717) is 6.42 Å². The normalized spacial score (nSPS) is 17.3. The SMILES string of the molecule is C=C1CCCC(=O)N1c1ccccc1. The van der Waals surface area contributed by atoms with Crippen LogP contribution in [0.2, 0.25) is 0 Å². The Kier molecular flexibility index (Phi) is 2.35. The van der Waals surface area contributed by atoms with Gasteiger partial charge < -0.3 is 0 Å². The van der Waals surface area contributed by atoms with Crippen molar-refractivity contribution in [2.45, 2.75) is 19.3 Å². The number of para-hydroxylation sites is 1. The van der Waals surface area contributed by atoms with E-state index >= 15 is 0 Å². The molecule has 14 heavy (non-hydrogen) atoms. The summed E-state index contributed by atoms with van der Waals surface area (Å²) in [5.41, 5.74) is 1.84. The molecular formula is C12H13NO. The summed E-state index contributed by atoms with van der Waals surface area (Å²) in [6, 6.07) is 9.69. The summed E-state index contributed by atoms with van der Waals surface area (Å²) < 4.78 is 0. The van der Waals surface area contributed by atoms with Crippen LogP contribution < -0.4 is 4.90 Å². The summed E-state index contributed by atoms with van der Waals surface area (Å²) in [7, 11) is 0. The van der Waals surface area contributed by atoms with Crippen molar-refractivity contribution in [1.29, 1.82) is 0 Å². The van der Waals surface area contributed by atoms with Crippen LogP contribution in [-0.4, -0.2) is 5.91 Å². The molecule has 72 valence electrons. The number of carbonyl (C=O) groups excluding carboxylic acids is 1. The third kappa shape index (κ3) is 1.55. The molecule has 0 spiro atoms. The van der Waals surface area contributed by atoms with Crippen molar-refractivity contribution in [3.8, 4) is 0 Å². The molecule has 0 aliphatic carbocycles. The van der Waals surface area contributed by atoms with Crippen LogP contribution in [0.3, 0.4) is 0 Å². The van der Waals surface area contributed by atoms with Gasteiger partial charge in [0, 0.05) is 17.8 Å². The molecule has 2 nitrogen and oxygen atoms in total. The zero-order valence-electron chi connectivity index (χ0n) is 8.07. The average molecular weight is 187 g/mol. The Bertz CT molecular complexity index is 340. The first-order chi connectivity index (χ1) is 6.79. The van der Waals surface area contributed by atoms with E-state index in [1.165, 1.54) is 0 Å². The van der Waals surface area contributed by atoms with Gasteiger partial charge in [0.25, 0.3) is 0 Å². The smallest absolute Gasteiger partial charge is 0.231 e. The van der Waals surface area contributed by atoms with Crippen molar-refractivity contribution >= 4 is 11.6 Å². The Morgan fingerprint density at radius 3 is 2.50 bits per heavy atom. The average Bonchev–Trinajstić information content (AvgIpc) is 2.19. The molecule has 1 aliphatic heterocycles. The summed E-state index contributed by atoms with van der Waals surface area (Å²) in [5, 5.41) is 0. The number of allylic oxidation sites excluding steroid dienone is 1. The summed E-state index contributed by atoms with van der Waals surface area (Å²) in [5.74, 6) is 0.160. The van der Waals surface area contributed by atoms with Crippen LogP contribution in [0.15, 0.2) is 42.6 Å². The summed E-state index contributed by atoms with van der Waals surface area (Å²) >= 11 is 0. The van der Waals surface area contributed by atoms with Gasteiger partial charge in [-0.05, 0) is 25.0 Å². The van der Waals surface area contributed by atoms with Crippen molar-refractivity contribution in [2.24, 2.45) is 0 Å². The predicted molar refractivity (Wildman–Crippen MR) is 56.9 cm³/mol. The third-order valence-electron chi connectivity index (χ3n) is 2.44. The second-order valence-corrected chi connectivity index (χ2v) is 3.48. The molecule has 2 heteroatoms. The summed E-state index contributed by atoms with van der Waals surface area (Å²) in [4.78, 5) is 13.4. The Labute approximate surface area is 83.8 Å². The largest absolute Gasteiger partial charge is 0.285 e. The molecule has 0 radical (unpaired) electrons. The molecule has 0 unspecified atom stereocenters. The number of benzene rings is 1. The molecule has 2 rings (SSSR count). The van der Waals surface area contributed by atoms with Crippen molar-refractivity contribution in [3.05, 3.63) is 42.6 Å². The van der Waals surface area contributed by atoms with E-state index in [-0.39, 0.29) is 5.91 Å². The molecule has 1 heterocycles. The minimum Gasteiger partial charge on any atom is -0.285 e. The fraction of sp³-hybridized carbons (Fsp3) is 0.250. The minimum atomic E-state index is 0.160. The summed E-state index contributed by atoms with van der Waals surface area (Å²) in [6.07, 6.45) is 2.48. The van der Waals surface area contributed by atoms with Crippen LogP contribution in [0.4, 0.5) is 5.69 Å². The Morgan fingerprint density at radius 2 is 1.86 bits per heavy atom. The first-order valence-corrected chi connectivity index (χ1v) is 4.85. The van der Waals surface area contributed by atoms with Crippen molar-refractivity contribution in [3.63, 3.8) is 0 Å². The Balaban J connectivity index is 2.32. The van der Waals surface area contributed by atoms with Gasteiger partial charge in [0.2, 0.25) is 5.91 Å². The molecule has 0 aromatic heterocycles. The lowest BCUT2D eigenvalue weighted by atomic mass is 10.1. The van der Waals surface area contributed by atoms with Gasteiger partial charge in [-0.1, -0.05) is 24.8 Å². The van der Waals surface area contributed by atoms with Gasteiger partial charge >= 0.3 is 0 Å². The number of hydrogen-bond donors (Lipinski definition) is 0. The maximum Gasteiger partial charge on any atom is 0.231 e. The third-order valence-corrected chi connectivity index (χ3v) is 2.44. The monoisotopic (exact) mass is 187 g/mol. The number of carbonyl (C=O) groups is 1. The number of anilines is 1. The van der Waals surface area contributed by atoms with E-state index in [0.717, 1.165) is 24.2 Å². The first-order valence-electron chi connectivity index (χ1n) is 4.85. The van der Waals surface area contributed by atoms with Gasteiger partial charge in [0.1, 0.15) is 0 Å². The van der Waals surface area contributed by atoms with Gasteiger partial charge in [-0.3, -0.25) is 9.69 Å². The number of nitrogens with zero attached hydrogens (tertiary/aromatic N) is 1. The second kappa shape index (κ2) is 3.66. The molecular weight excluding hydrogens is 174 g/mol. The van der Waals surface area contributed by atoms with Crippen LogP contribution in [0.25, 0.3) is 0 Å². The van der Waals surface area contributed by atoms with Crippen LogP contribution >= 0.6 is 0 Å². The van der Waals surface area contributed by atoms with E-state index in [2.05, 4.69) is 6.58 Å². The molecule has 0 saturated carbocycles. The molecule has 1 aromatic carbocycles. The molecule has 1 amide bonds. The number of rotatable bonds is 1. The molecule has 0 N–H and O–H groups in total. The van der Waals surface area contributed by atoms with Crippen LogP contribution in [0, 0.1) is 0 Å².